The molecule has 0 saturated heterocycles. The maximum atomic E-state index is 11.0. The van der Waals surface area contributed by atoms with Gasteiger partial charge in [-0.25, -0.2) is 0 Å². The number of hydrogen-bond donors (Lipinski definition) is 0. The summed E-state index contributed by atoms with van der Waals surface area (Å²) in [4.78, 5) is 15.1. The first-order chi connectivity index (χ1) is 10.5. The van der Waals surface area contributed by atoms with Crippen molar-refractivity contribution in [3.8, 4) is 0 Å². The summed E-state index contributed by atoms with van der Waals surface area (Å²) < 4.78 is 1.64. The molecule has 0 bridgehead atoms. The molecule has 112 valence electrons. The van der Waals surface area contributed by atoms with Crippen molar-refractivity contribution in [2.45, 2.75) is 13.5 Å². The second kappa shape index (κ2) is 5.59. The van der Waals surface area contributed by atoms with Crippen LogP contribution in [0, 0.1) is 6.92 Å². The summed E-state index contributed by atoms with van der Waals surface area (Å²) in [6.45, 7) is 2.12. The standard InChI is InChI=1S/C15H11Cl2N3O2/c1-8-14-13(5-9(6-18-14)15(21)22)20(19-8)7-10-11(16)3-2-4-12(10)17/h2-6H,7H2,1H3,(H,21,22)/p-1. The summed E-state index contributed by atoms with van der Waals surface area (Å²) in [6.07, 6.45) is 1.26. The van der Waals surface area contributed by atoms with Crippen LogP contribution >= 0.6 is 23.2 Å². The molecule has 0 spiro atoms. The van der Waals surface area contributed by atoms with Gasteiger partial charge in [0.05, 0.1) is 23.7 Å². The lowest BCUT2D eigenvalue weighted by Crippen LogP contribution is -2.22. The molecule has 22 heavy (non-hydrogen) atoms. The molecule has 1 aromatic carbocycles. The van der Waals surface area contributed by atoms with E-state index in [4.69, 9.17) is 23.2 Å². The molecule has 0 saturated carbocycles. The van der Waals surface area contributed by atoms with Gasteiger partial charge in [0, 0.05) is 27.4 Å². The highest BCUT2D eigenvalue weighted by atomic mass is 35.5. The molecular formula is C15H10Cl2N3O2-. The normalized spacial score (nSPS) is 11.0. The molecule has 0 fully saturated rings. The van der Waals surface area contributed by atoms with Crippen molar-refractivity contribution in [2.24, 2.45) is 0 Å². The molecular weight excluding hydrogens is 325 g/mol. The number of pyridine rings is 1. The Balaban J connectivity index is 2.14. The number of hydrogen-bond acceptors (Lipinski definition) is 4. The van der Waals surface area contributed by atoms with Crippen molar-refractivity contribution in [3.05, 3.63) is 57.3 Å². The number of carboxylic acid groups (broad SMARTS) is 1. The van der Waals surface area contributed by atoms with Crippen LogP contribution in [0.1, 0.15) is 21.6 Å². The van der Waals surface area contributed by atoms with Gasteiger partial charge in [-0.2, -0.15) is 5.10 Å². The zero-order valence-electron chi connectivity index (χ0n) is 11.5. The average molecular weight is 335 g/mol. The molecule has 0 atom stereocenters. The number of halogens is 2. The fourth-order valence-corrected chi connectivity index (χ4v) is 2.79. The van der Waals surface area contributed by atoms with Crippen molar-refractivity contribution in [3.63, 3.8) is 0 Å². The van der Waals surface area contributed by atoms with Gasteiger partial charge < -0.3 is 9.90 Å². The topological polar surface area (TPSA) is 70.8 Å². The quantitative estimate of drug-likeness (QED) is 0.737. The smallest absolute Gasteiger partial charge is 0.111 e. The van der Waals surface area contributed by atoms with E-state index in [-0.39, 0.29) is 5.56 Å². The number of benzene rings is 1. The lowest BCUT2D eigenvalue weighted by Gasteiger charge is -2.09. The summed E-state index contributed by atoms with van der Waals surface area (Å²) in [6, 6.07) is 6.73. The summed E-state index contributed by atoms with van der Waals surface area (Å²) in [5.74, 6) is -1.28. The molecule has 0 aliphatic rings. The lowest BCUT2D eigenvalue weighted by molar-refractivity contribution is -0.255. The van der Waals surface area contributed by atoms with E-state index in [2.05, 4.69) is 10.1 Å². The predicted molar refractivity (Wildman–Crippen MR) is 82.2 cm³/mol. The number of carbonyl (C=O) groups excluding carboxylic acids is 1. The molecule has 5 nitrogen and oxygen atoms in total. The molecule has 0 N–H and O–H groups in total. The Kier molecular flexibility index (Phi) is 3.76. The maximum absolute atomic E-state index is 11.0. The van der Waals surface area contributed by atoms with Crippen LogP contribution < -0.4 is 5.11 Å². The van der Waals surface area contributed by atoms with E-state index in [0.717, 1.165) is 0 Å². The van der Waals surface area contributed by atoms with Crippen LogP contribution in [0.2, 0.25) is 10.0 Å². The van der Waals surface area contributed by atoms with Gasteiger partial charge in [0.25, 0.3) is 0 Å². The van der Waals surface area contributed by atoms with Gasteiger partial charge in [-0.3, -0.25) is 9.67 Å². The monoisotopic (exact) mass is 334 g/mol. The van der Waals surface area contributed by atoms with Crippen molar-refractivity contribution >= 4 is 40.2 Å². The van der Waals surface area contributed by atoms with Crippen LogP contribution in [-0.4, -0.2) is 20.7 Å². The Labute approximate surface area is 136 Å². The van der Waals surface area contributed by atoms with E-state index in [1.54, 1.807) is 29.8 Å². The molecule has 7 heteroatoms. The van der Waals surface area contributed by atoms with Crippen molar-refractivity contribution in [2.75, 3.05) is 0 Å². The number of nitrogens with zero attached hydrogens (tertiary/aromatic N) is 3. The molecule has 0 aliphatic heterocycles. The SMILES string of the molecule is Cc1nn(Cc2c(Cl)cccc2Cl)c2cc(C(=O)[O-])cnc12. The second-order valence-corrected chi connectivity index (χ2v) is 5.64. The van der Waals surface area contributed by atoms with Gasteiger partial charge in [0.15, 0.2) is 0 Å². The van der Waals surface area contributed by atoms with Crippen LogP contribution in [0.25, 0.3) is 11.0 Å². The highest BCUT2D eigenvalue weighted by Gasteiger charge is 2.13. The molecule has 2 heterocycles. The molecule has 0 amide bonds. The molecule has 0 aliphatic carbocycles. The molecule has 0 unspecified atom stereocenters. The number of carbonyl (C=O) groups is 1. The average Bonchev–Trinajstić information content (AvgIpc) is 2.79. The summed E-state index contributed by atoms with van der Waals surface area (Å²) in [5, 5.41) is 16.4. The zero-order valence-corrected chi connectivity index (χ0v) is 13.0. The van der Waals surface area contributed by atoms with E-state index in [9.17, 15) is 9.90 Å². The third-order valence-corrected chi connectivity index (χ3v) is 4.07. The van der Waals surface area contributed by atoms with E-state index in [1.807, 2.05) is 0 Å². The Bertz CT molecular complexity index is 870. The zero-order chi connectivity index (χ0) is 15.9. The summed E-state index contributed by atoms with van der Waals surface area (Å²) >= 11 is 12.3. The molecule has 0 radical (unpaired) electrons. The maximum Gasteiger partial charge on any atom is 0.111 e. The third-order valence-electron chi connectivity index (χ3n) is 3.36. The number of aromatic nitrogens is 3. The van der Waals surface area contributed by atoms with Gasteiger partial charge >= 0.3 is 0 Å². The number of aromatic carboxylic acids is 1. The molecule has 2 aromatic heterocycles. The molecule has 3 aromatic rings. The highest BCUT2D eigenvalue weighted by Crippen LogP contribution is 2.27. The largest absolute Gasteiger partial charge is 0.545 e. The van der Waals surface area contributed by atoms with Crippen molar-refractivity contribution in [1.29, 1.82) is 0 Å². The highest BCUT2D eigenvalue weighted by molar-refractivity contribution is 6.36. The van der Waals surface area contributed by atoms with Crippen LogP contribution in [0.4, 0.5) is 0 Å². The Hall–Kier alpha value is -2.11. The summed E-state index contributed by atoms with van der Waals surface area (Å²) in [7, 11) is 0. The van der Waals surface area contributed by atoms with Gasteiger partial charge in [-0.05, 0) is 25.1 Å². The Morgan fingerprint density at radius 3 is 2.64 bits per heavy atom. The van der Waals surface area contributed by atoms with Gasteiger partial charge in [-0.1, -0.05) is 29.3 Å². The Morgan fingerprint density at radius 2 is 2.00 bits per heavy atom. The van der Waals surface area contributed by atoms with Crippen molar-refractivity contribution in [1.82, 2.24) is 14.8 Å². The lowest BCUT2D eigenvalue weighted by atomic mass is 10.2. The van der Waals surface area contributed by atoms with E-state index < -0.39 is 5.97 Å². The predicted octanol–water partition coefficient (Wildman–Crippen LogP) is 2.46. The van der Waals surface area contributed by atoms with Crippen LogP contribution in [-0.2, 0) is 6.54 Å². The first-order valence-corrected chi connectivity index (χ1v) is 7.20. The van der Waals surface area contributed by atoms with Gasteiger partial charge in [-0.15, -0.1) is 0 Å². The van der Waals surface area contributed by atoms with Gasteiger partial charge in [0.2, 0.25) is 0 Å². The third kappa shape index (κ3) is 2.53. The minimum absolute atomic E-state index is 0.00101. The number of rotatable bonds is 3. The minimum Gasteiger partial charge on any atom is -0.545 e. The van der Waals surface area contributed by atoms with E-state index in [0.29, 0.717) is 38.9 Å². The van der Waals surface area contributed by atoms with E-state index >= 15 is 0 Å². The first-order valence-electron chi connectivity index (χ1n) is 6.45. The first kappa shape index (κ1) is 14.8. The fourth-order valence-electron chi connectivity index (χ4n) is 2.28. The van der Waals surface area contributed by atoms with Crippen LogP contribution in [0.3, 0.4) is 0 Å². The van der Waals surface area contributed by atoms with Gasteiger partial charge in [0.1, 0.15) is 5.52 Å². The Morgan fingerprint density at radius 1 is 1.32 bits per heavy atom. The number of fused-ring (bicyclic) bond motifs is 1. The fraction of sp³-hybridized carbons (Fsp3) is 0.133. The summed E-state index contributed by atoms with van der Waals surface area (Å²) in [5.41, 5.74) is 2.64. The number of carboxylic acids is 1. The van der Waals surface area contributed by atoms with Crippen LogP contribution in [0.15, 0.2) is 30.5 Å². The molecule has 3 rings (SSSR count). The number of aryl methyl sites for hydroxylation is 1. The van der Waals surface area contributed by atoms with Crippen molar-refractivity contribution < 1.29 is 9.90 Å². The second-order valence-electron chi connectivity index (χ2n) is 4.82. The van der Waals surface area contributed by atoms with Crippen LogP contribution in [0.5, 0.6) is 0 Å². The van der Waals surface area contributed by atoms with E-state index in [1.165, 1.54) is 12.3 Å². The minimum atomic E-state index is -1.28.